The van der Waals surface area contributed by atoms with Gasteiger partial charge >= 0.3 is 23.9 Å². The highest BCUT2D eigenvalue weighted by Gasteiger charge is 2.35. The number of carbonyl (C=O) groups excluding carboxylic acids is 3. The maximum Gasteiger partial charge on any atom is 0.351 e. The Kier molecular flexibility index (Phi) is 12.0. The Bertz CT molecular complexity index is 760. The van der Waals surface area contributed by atoms with Gasteiger partial charge in [-0.15, -0.1) is 0 Å². The smallest absolute Gasteiger partial charge is 0.351 e. The van der Waals surface area contributed by atoms with Gasteiger partial charge in [-0.1, -0.05) is 12.8 Å². The first-order chi connectivity index (χ1) is 17.0. The van der Waals surface area contributed by atoms with Crippen molar-refractivity contribution in [2.75, 3.05) is 26.8 Å². The highest BCUT2D eigenvalue weighted by Crippen LogP contribution is 2.32. The number of carboxylic acids is 1. The molecule has 2 aliphatic rings. The van der Waals surface area contributed by atoms with Gasteiger partial charge in [-0.05, 0) is 58.8 Å². The first kappa shape index (κ1) is 30.0. The first-order valence-electron chi connectivity index (χ1n) is 12.8. The van der Waals surface area contributed by atoms with Crippen LogP contribution >= 0.6 is 0 Å². The van der Waals surface area contributed by atoms with Gasteiger partial charge in [0.1, 0.15) is 5.60 Å². The molecule has 4 atom stereocenters. The average molecular weight is 518 g/mol. The number of rotatable bonds is 13. The SMILES string of the molecule is CN(CCCOC(=O)C1CCC[C@H](C(=O)OF)C1)OCCC(C)(C)OC(=O)C1CCC[C@H](C(=O)O)C1. The van der Waals surface area contributed by atoms with Gasteiger partial charge in [-0.3, -0.25) is 24.2 Å². The third-order valence-electron chi connectivity index (χ3n) is 7.03. The molecule has 2 rings (SSSR count). The Morgan fingerprint density at radius 3 is 2.06 bits per heavy atom. The fourth-order valence-electron chi connectivity index (χ4n) is 4.81. The molecule has 0 aromatic carbocycles. The van der Waals surface area contributed by atoms with Crippen LogP contribution in [-0.2, 0) is 38.4 Å². The predicted octanol–water partition coefficient (Wildman–Crippen LogP) is 3.62. The number of carboxylic acid groups (broad SMARTS) is 1. The second kappa shape index (κ2) is 14.5. The molecule has 2 fully saturated rings. The fourth-order valence-corrected chi connectivity index (χ4v) is 4.81. The minimum atomic E-state index is -0.926. The van der Waals surface area contributed by atoms with Crippen molar-refractivity contribution >= 4 is 23.9 Å². The molecular formula is C25H40FNO9. The van der Waals surface area contributed by atoms with E-state index >= 15 is 0 Å². The van der Waals surface area contributed by atoms with Gasteiger partial charge in [-0.2, -0.15) is 5.06 Å². The summed E-state index contributed by atoms with van der Waals surface area (Å²) in [4.78, 5) is 56.4. The molecule has 2 aliphatic carbocycles. The van der Waals surface area contributed by atoms with Crippen molar-refractivity contribution in [1.82, 2.24) is 5.06 Å². The second-order valence-electron chi connectivity index (χ2n) is 10.5. The maximum atomic E-state index is 12.5. The number of halogens is 1. The summed E-state index contributed by atoms with van der Waals surface area (Å²) in [6.45, 7) is 4.62. The van der Waals surface area contributed by atoms with Crippen molar-refractivity contribution < 1.29 is 48.1 Å². The molecule has 206 valence electrons. The zero-order valence-electron chi connectivity index (χ0n) is 21.5. The lowest BCUT2D eigenvalue weighted by Crippen LogP contribution is -2.36. The molecule has 0 saturated heterocycles. The number of hydrogen-bond acceptors (Lipinski definition) is 9. The fraction of sp³-hybridized carbons (Fsp3) is 0.840. The summed E-state index contributed by atoms with van der Waals surface area (Å²) < 4.78 is 23.1. The molecule has 0 aliphatic heterocycles. The summed E-state index contributed by atoms with van der Waals surface area (Å²) in [5.41, 5.74) is -0.754. The van der Waals surface area contributed by atoms with E-state index < -0.39 is 35.3 Å². The van der Waals surface area contributed by atoms with E-state index in [9.17, 15) is 28.8 Å². The third-order valence-corrected chi connectivity index (χ3v) is 7.03. The molecule has 0 amide bonds. The van der Waals surface area contributed by atoms with Crippen LogP contribution in [0.15, 0.2) is 0 Å². The van der Waals surface area contributed by atoms with Crippen LogP contribution < -0.4 is 0 Å². The van der Waals surface area contributed by atoms with Crippen LogP contribution in [0.25, 0.3) is 0 Å². The van der Waals surface area contributed by atoms with Crippen LogP contribution in [0.5, 0.6) is 0 Å². The third kappa shape index (κ3) is 10.0. The lowest BCUT2D eigenvalue weighted by Gasteiger charge is -2.31. The van der Waals surface area contributed by atoms with E-state index in [4.69, 9.17) is 14.3 Å². The Morgan fingerprint density at radius 1 is 0.889 bits per heavy atom. The minimum Gasteiger partial charge on any atom is -0.481 e. The van der Waals surface area contributed by atoms with Gasteiger partial charge in [0.15, 0.2) is 0 Å². The van der Waals surface area contributed by atoms with Gasteiger partial charge in [-0.25, -0.2) is 4.79 Å². The van der Waals surface area contributed by atoms with Gasteiger partial charge in [0.05, 0.1) is 36.9 Å². The summed E-state index contributed by atoms with van der Waals surface area (Å²) in [5, 5.41) is 10.8. The van der Waals surface area contributed by atoms with E-state index in [0.29, 0.717) is 70.9 Å². The molecule has 2 unspecified atom stereocenters. The zero-order valence-corrected chi connectivity index (χ0v) is 21.5. The Morgan fingerprint density at radius 2 is 1.44 bits per heavy atom. The summed E-state index contributed by atoms with van der Waals surface area (Å²) >= 11 is 0. The maximum absolute atomic E-state index is 12.5. The average Bonchev–Trinajstić information content (AvgIpc) is 2.85. The van der Waals surface area contributed by atoms with E-state index in [0.717, 1.165) is 0 Å². The second-order valence-corrected chi connectivity index (χ2v) is 10.5. The largest absolute Gasteiger partial charge is 0.481 e. The van der Waals surface area contributed by atoms with Crippen molar-refractivity contribution in [3.63, 3.8) is 0 Å². The molecular weight excluding hydrogens is 477 g/mol. The van der Waals surface area contributed by atoms with Crippen LogP contribution in [0.1, 0.15) is 78.1 Å². The first-order valence-corrected chi connectivity index (χ1v) is 12.8. The van der Waals surface area contributed by atoms with E-state index in [1.54, 1.807) is 26.0 Å². The minimum absolute atomic E-state index is 0.198. The normalized spacial score (nSPS) is 24.7. The van der Waals surface area contributed by atoms with Crippen LogP contribution in [0.2, 0.25) is 0 Å². The number of carbonyl (C=O) groups is 4. The Hall–Kier alpha value is -2.27. The van der Waals surface area contributed by atoms with E-state index in [1.165, 1.54) is 0 Å². The van der Waals surface area contributed by atoms with Crippen LogP contribution in [0, 0.1) is 23.7 Å². The molecule has 10 nitrogen and oxygen atoms in total. The topological polar surface area (TPSA) is 129 Å². The van der Waals surface area contributed by atoms with Gasteiger partial charge in [0.2, 0.25) is 0 Å². The molecule has 0 heterocycles. The highest BCUT2D eigenvalue weighted by molar-refractivity contribution is 5.76. The molecule has 0 bridgehead atoms. The molecule has 11 heteroatoms. The number of hydrogen-bond donors (Lipinski definition) is 1. The van der Waals surface area contributed by atoms with Crippen molar-refractivity contribution in [2.45, 2.75) is 83.7 Å². The monoisotopic (exact) mass is 517 g/mol. The van der Waals surface area contributed by atoms with Gasteiger partial charge in [0, 0.05) is 24.5 Å². The van der Waals surface area contributed by atoms with Crippen LogP contribution in [0.4, 0.5) is 4.53 Å². The zero-order chi connectivity index (χ0) is 26.7. The van der Waals surface area contributed by atoms with Crippen molar-refractivity contribution in [3.8, 4) is 0 Å². The van der Waals surface area contributed by atoms with Crippen LogP contribution in [-0.4, -0.2) is 66.5 Å². The molecule has 1 N–H and O–H groups in total. The summed E-state index contributed by atoms with van der Waals surface area (Å²) in [7, 11) is 1.75. The predicted molar refractivity (Wildman–Crippen MR) is 125 cm³/mol. The number of nitrogens with zero attached hydrogens (tertiary/aromatic N) is 1. The number of esters is 2. The van der Waals surface area contributed by atoms with E-state index in [-0.39, 0.29) is 30.9 Å². The van der Waals surface area contributed by atoms with Crippen molar-refractivity contribution in [2.24, 2.45) is 23.7 Å². The number of aliphatic carboxylic acids is 1. The Labute approximate surface area is 211 Å². The van der Waals surface area contributed by atoms with E-state index in [1.807, 2.05) is 0 Å². The lowest BCUT2D eigenvalue weighted by atomic mass is 9.81. The van der Waals surface area contributed by atoms with E-state index in [2.05, 4.69) is 4.94 Å². The lowest BCUT2D eigenvalue weighted by molar-refractivity contribution is -0.191. The highest BCUT2D eigenvalue weighted by atomic mass is 19.3. The summed E-state index contributed by atoms with van der Waals surface area (Å²) in [5.74, 6) is -4.43. The van der Waals surface area contributed by atoms with Gasteiger partial charge < -0.3 is 14.6 Å². The standard InChI is InChI=1S/C25H40FNO9/c1-25(2,35-23(31)19-9-4-7-17(15-19)21(28)29)11-14-34-27(3)12-6-13-33-22(30)18-8-5-10-20(16-18)24(32)36-26/h17-20H,4-16H2,1-3H3,(H,28,29)/t17-,18?,19?,20-/m0/s1. The molecule has 0 aromatic heterocycles. The molecule has 0 spiro atoms. The molecule has 0 aromatic rings. The Balaban J connectivity index is 1.60. The quantitative estimate of drug-likeness (QED) is 0.220. The van der Waals surface area contributed by atoms with Crippen LogP contribution in [0.3, 0.4) is 0 Å². The summed E-state index contributed by atoms with van der Waals surface area (Å²) in [6.07, 6.45) is 5.27. The number of ether oxygens (including phenoxy) is 2. The molecule has 36 heavy (non-hydrogen) atoms. The number of hydroxylamine groups is 2. The summed E-state index contributed by atoms with van der Waals surface area (Å²) in [6, 6.07) is 0. The molecule has 0 radical (unpaired) electrons. The van der Waals surface area contributed by atoms with Gasteiger partial charge in [0.25, 0.3) is 0 Å². The van der Waals surface area contributed by atoms with Crippen molar-refractivity contribution in [1.29, 1.82) is 0 Å². The van der Waals surface area contributed by atoms with Crippen molar-refractivity contribution in [3.05, 3.63) is 0 Å². The molecule has 2 saturated carbocycles.